The van der Waals surface area contributed by atoms with Gasteiger partial charge in [-0.1, -0.05) is 17.7 Å². The third-order valence-corrected chi connectivity index (χ3v) is 5.39. The number of carbonyl (C=O) groups is 3. The molecule has 0 unspecified atom stereocenters. The van der Waals surface area contributed by atoms with Gasteiger partial charge in [-0.15, -0.1) is 11.8 Å². The monoisotopic (exact) mass is 438 g/mol. The van der Waals surface area contributed by atoms with Crippen molar-refractivity contribution in [3.8, 4) is 0 Å². The van der Waals surface area contributed by atoms with E-state index in [0.29, 0.717) is 27.5 Å². The van der Waals surface area contributed by atoms with Gasteiger partial charge in [0.05, 0.1) is 5.75 Å². The largest absolute Gasteiger partial charge is 0.325 e. The highest BCUT2D eigenvalue weighted by molar-refractivity contribution is 8.00. The summed E-state index contributed by atoms with van der Waals surface area (Å²) in [6, 6.07) is 20.7. The van der Waals surface area contributed by atoms with Crippen LogP contribution in [0.4, 0.5) is 11.4 Å². The molecule has 0 radical (unpaired) electrons. The van der Waals surface area contributed by atoms with E-state index >= 15 is 0 Å². The van der Waals surface area contributed by atoms with Crippen LogP contribution in [0.25, 0.3) is 0 Å². The Balaban J connectivity index is 1.49. The van der Waals surface area contributed by atoms with Gasteiger partial charge in [-0.2, -0.15) is 0 Å². The second-order valence-corrected chi connectivity index (χ2v) is 7.94. The fraction of sp³-hybridized carbons (Fsp3) is 0.0870. The SMILES string of the molecule is CC(=O)c1ccc(NC(=O)CSc2ccc(NC(=O)c3cccc(Cl)c3)cc2)cc1. The summed E-state index contributed by atoms with van der Waals surface area (Å²) in [4.78, 5) is 36.6. The molecular formula is C23H19ClN2O3S. The fourth-order valence-corrected chi connectivity index (χ4v) is 3.49. The molecule has 0 saturated heterocycles. The van der Waals surface area contributed by atoms with Gasteiger partial charge < -0.3 is 10.6 Å². The predicted molar refractivity (Wildman–Crippen MR) is 122 cm³/mol. The maximum atomic E-state index is 12.3. The summed E-state index contributed by atoms with van der Waals surface area (Å²) in [5, 5.41) is 6.11. The van der Waals surface area contributed by atoms with Crippen LogP contribution in [0.5, 0.6) is 0 Å². The summed E-state index contributed by atoms with van der Waals surface area (Å²) in [5.74, 6) is -0.166. The zero-order valence-electron chi connectivity index (χ0n) is 16.1. The Labute approximate surface area is 183 Å². The van der Waals surface area contributed by atoms with Crippen LogP contribution in [-0.2, 0) is 4.79 Å². The third-order valence-electron chi connectivity index (χ3n) is 4.14. The van der Waals surface area contributed by atoms with Crippen molar-refractivity contribution >= 4 is 52.3 Å². The van der Waals surface area contributed by atoms with E-state index in [1.165, 1.54) is 18.7 Å². The number of benzene rings is 3. The van der Waals surface area contributed by atoms with Crippen molar-refractivity contribution in [3.05, 3.63) is 88.9 Å². The van der Waals surface area contributed by atoms with E-state index in [4.69, 9.17) is 11.6 Å². The Kier molecular flexibility index (Phi) is 7.27. The smallest absolute Gasteiger partial charge is 0.255 e. The molecular weight excluding hydrogens is 420 g/mol. The standard InChI is InChI=1S/C23H19ClN2O3S/c1-15(27)16-5-7-19(8-6-16)25-22(28)14-30-21-11-9-20(10-12-21)26-23(29)17-3-2-4-18(24)13-17/h2-13H,14H2,1H3,(H,25,28)(H,26,29). The first-order chi connectivity index (χ1) is 14.4. The molecule has 3 rings (SSSR count). The molecule has 5 nitrogen and oxygen atoms in total. The first-order valence-corrected chi connectivity index (χ1v) is 10.5. The molecule has 30 heavy (non-hydrogen) atoms. The summed E-state index contributed by atoms with van der Waals surface area (Å²) in [5.41, 5.74) is 2.38. The lowest BCUT2D eigenvalue weighted by molar-refractivity contribution is -0.113. The zero-order valence-corrected chi connectivity index (χ0v) is 17.7. The maximum absolute atomic E-state index is 12.3. The zero-order chi connectivity index (χ0) is 21.5. The molecule has 0 saturated carbocycles. The van der Waals surface area contributed by atoms with Crippen LogP contribution in [0.2, 0.25) is 5.02 Å². The third kappa shape index (κ3) is 6.20. The number of Topliss-reactive ketones (excluding diaryl/α,β-unsaturated/α-hetero) is 1. The molecule has 0 bridgehead atoms. The minimum atomic E-state index is -0.243. The Hall–Kier alpha value is -3.09. The molecule has 0 aliphatic rings. The number of hydrogen-bond donors (Lipinski definition) is 2. The van der Waals surface area contributed by atoms with E-state index in [0.717, 1.165) is 4.90 Å². The molecule has 0 fully saturated rings. The normalized spacial score (nSPS) is 10.3. The second-order valence-electron chi connectivity index (χ2n) is 6.46. The first-order valence-electron chi connectivity index (χ1n) is 9.11. The van der Waals surface area contributed by atoms with Crippen LogP contribution in [0.1, 0.15) is 27.6 Å². The van der Waals surface area contributed by atoms with Crippen molar-refractivity contribution in [2.24, 2.45) is 0 Å². The number of hydrogen-bond acceptors (Lipinski definition) is 4. The number of anilines is 2. The Morgan fingerprint density at radius 3 is 2.10 bits per heavy atom. The predicted octanol–water partition coefficient (Wildman–Crippen LogP) is 5.53. The van der Waals surface area contributed by atoms with Crippen molar-refractivity contribution in [3.63, 3.8) is 0 Å². The fourth-order valence-electron chi connectivity index (χ4n) is 2.60. The van der Waals surface area contributed by atoms with Crippen molar-refractivity contribution in [1.82, 2.24) is 0 Å². The van der Waals surface area contributed by atoms with Gasteiger partial charge in [-0.25, -0.2) is 0 Å². The number of ketones is 1. The molecule has 0 spiro atoms. The van der Waals surface area contributed by atoms with Gasteiger partial charge in [0.25, 0.3) is 5.91 Å². The second kappa shape index (κ2) is 10.1. The quantitative estimate of drug-likeness (QED) is 0.376. The Bertz CT molecular complexity index is 1070. The highest BCUT2D eigenvalue weighted by Gasteiger charge is 2.08. The van der Waals surface area contributed by atoms with Crippen molar-refractivity contribution in [2.45, 2.75) is 11.8 Å². The number of thioether (sulfide) groups is 1. The van der Waals surface area contributed by atoms with Crippen LogP contribution >= 0.6 is 23.4 Å². The van der Waals surface area contributed by atoms with Crippen molar-refractivity contribution in [2.75, 3.05) is 16.4 Å². The number of nitrogens with one attached hydrogen (secondary N) is 2. The summed E-state index contributed by atoms with van der Waals surface area (Å²) in [6.07, 6.45) is 0. The molecule has 0 atom stereocenters. The average Bonchev–Trinajstić information content (AvgIpc) is 2.73. The number of rotatable bonds is 7. The van der Waals surface area contributed by atoms with Gasteiger partial charge in [0.15, 0.2) is 5.78 Å². The van der Waals surface area contributed by atoms with Gasteiger partial charge in [0.1, 0.15) is 0 Å². The maximum Gasteiger partial charge on any atom is 0.255 e. The summed E-state index contributed by atoms with van der Waals surface area (Å²) < 4.78 is 0. The van der Waals surface area contributed by atoms with E-state index in [-0.39, 0.29) is 23.4 Å². The molecule has 0 aromatic heterocycles. The van der Waals surface area contributed by atoms with Gasteiger partial charge in [-0.3, -0.25) is 14.4 Å². The van der Waals surface area contributed by atoms with E-state index in [1.54, 1.807) is 60.7 Å². The number of carbonyl (C=O) groups excluding carboxylic acids is 3. The summed E-state index contributed by atoms with van der Waals surface area (Å²) >= 11 is 7.30. The van der Waals surface area contributed by atoms with E-state index < -0.39 is 0 Å². The van der Waals surface area contributed by atoms with Crippen LogP contribution in [0.15, 0.2) is 77.7 Å². The highest BCUT2D eigenvalue weighted by atomic mass is 35.5. The minimum Gasteiger partial charge on any atom is -0.325 e. The first kappa shape index (κ1) is 21.6. The van der Waals surface area contributed by atoms with Crippen molar-refractivity contribution < 1.29 is 14.4 Å². The Morgan fingerprint density at radius 2 is 1.47 bits per heavy atom. The minimum absolute atomic E-state index is 0.0179. The van der Waals surface area contributed by atoms with Crippen LogP contribution in [-0.4, -0.2) is 23.4 Å². The molecule has 0 heterocycles. The van der Waals surface area contributed by atoms with Crippen LogP contribution < -0.4 is 10.6 Å². The molecule has 0 aliphatic heterocycles. The van der Waals surface area contributed by atoms with E-state index in [1.807, 2.05) is 12.1 Å². The number of halogens is 1. The van der Waals surface area contributed by atoms with Crippen LogP contribution in [0.3, 0.4) is 0 Å². The highest BCUT2D eigenvalue weighted by Crippen LogP contribution is 2.21. The van der Waals surface area contributed by atoms with Crippen molar-refractivity contribution in [1.29, 1.82) is 0 Å². The molecule has 2 N–H and O–H groups in total. The summed E-state index contributed by atoms with van der Waals surface area (Å²) in [7, 11) is 0. The molecule has 152 valence electrons. The molecule has 2 amide bonds. The van der Waals surface area contributed by atoms with Gasteiger partial charge >= 0.3 is 0 Å². The van der Waals surface area contributed by atoms with Crippen LogP contribution in [0, 0.1) is 0 Å². The molecule has 3 aromatic rings. The summed E-state index contributed by atoms with van der Waals surface area (Å²) in [6.45, 7) is 1.50. The lowest BCUT2D eigenvalue weighted by atomic mass is 10.1. The van der Waals surface area contributed by atoms with Gasteiger partial charge in [0, 0.05) is 32.4 Å². The topological polar surface area (TPSA) is 75.3 Å². The van der Waals surface area contributed by atoms with Gasteiger partial charge in [0.2, 0.25) is 5.91 Å². The average molecular weight is 439 g/mol. The lowest BCUT2D eigenvalue weighted by Gasteiger charge is -2.08. The molecule has 7 heteroatoms. The van der Waals surface area contributed by atoms with E-state index in [2.05, 4.69) is 10.6 Å². The molecule has 3 aromatic carbocycles. The lowest BCUT2D eigenvalue weighted by Crippen LogP contribution is -2.14. The molecule has 0 aliphatic carbocycles. The number of amides is 2. The van der Waals surface area contributed by atoms with E-state index in [9.17, 15) is 14.4 Å². The van der Waals surface area contributed by atoms with Gasteiger partial charge in [-0.05, 0) is 73.7 Å². The Morgan fingerprint density at radius 1 is 0.833 bits per heavy atom.